The van der Waals surface area contributed by atoms with Gasteiger partial charge in [0.2, 0.25) is 0 Å². The van der Waals surface area contributed by atoms with Crippen molar-refractivity contribution in [2.45, 2.75) is 419 Å². The number of hydrogen-bond donors (Lipinski definition) is 3. The van der Waals surface area contributed by atoms with Crippen LogP contribution in [0, 0.1) is 5.92 Å². The minimum Gasteiger partial charge on any atom is -0.462 e. The zero-order valence-corrected chi connectivity index (χ0v) is 63.6. The van der Waals surface area contributed by atoms with Gasteiger partial charge in [-0.2, -0.15) is 0 Å². The van der Waals surface area contributed by atoms with E-state index in [0.29, 0.717) is 25.7 Å². The molecule has 0 amide bonds. The third kappa shape index (κ3) is 70.3. The lowest BCUT2D eigenvalue weighted by molar-refractivity contribution is -0.161. The monoisotopic (exact) mass is 1400 g/mol. The van der Waals surface area contributed by atoms with Crippen LogP contribution in [0.3, 0.4) is 0 Å². The molecule has 564 valence electrons. The Balaban J connectivity index is 5.22. The Morgan fingerprint density at radius 3 is 0.716 bits per heavy atom. The molecule has 0 saturated heterocycles. The van der Waals surface area contributed by atoms with E-state index in [9.17, 15) is 43.2 Å². The van der Waals surface area contributed by atoms with Crippen LogP contribution in [0.4, 0.5) is 0 Å². The molecule has 0 aromatic rings. The molecule has 0 heterocycles. The molecule has 0 saturated carbocycles. The second-order valence-electron chi connectivity index (χ2n) is 27.9. The van der Waals surface area contributed by atoms with Crippen LogP contribution in [-0.2, 0) is 65.4 Å². The zero-order chi connectivity index (χ0) is 69.8. The van der Waals surface area contributed by atoms with Gasteiger partial charge >= 0.3 is 39.5 Å². The first-order chi connectivity index (χ1) is 46.0. The molecule has 0 aliphatic rings. The van der Waals surface area contributed by atoms with Gasteiger partial charge in [-0.15, -0.1) is 0 Å². The Bertz CT molecular complexity index is 1820. The smallest absolute Gasteiger partial charge is 0.462 e. The zero-order valence-electron chi connectivity index (χ0n) is 61.8. The number of esters is 4. The number of rotatable bonds is 76. The van der Waals surface area contributed by atoms with E-state index < -0.39 is 97.5 Å². The van der Waals surface area contributed by atoms with Crippen molar-refractivity contribution in [3.63, 3.8) is 0 Å². The summed E-state index contributed by atoms with van der Waals surface area (Å²) in [4.78, 5) is 72.8. The summed E-state index contributed by atoms with van der Waals surface area (Å²) in [5.41, 5.74) is 0. The molecular formula is C76H148O17P2. The van der Waals surface area contributed by atoms with Crippen LogP contribution >= 0.6 is 15.6 Å². The number of aliphatic hydroxyl groups is 1. The summed E-state index contributed by atoms with van der Waals surface area (Å²) in [5, 5.41) is 10.6. The Morgan fingerprint density at radius 1 is 0.284 bits per heavy atom. The van der Waals surface area contributed by atoms with Crippen LogP contribution in [0.25, 0.3) is 0 Å². The van der Waals surface area contributed by atoms with Crippen LogP contribution in [0.15, 0.2) is 0 Å². The molecule has 2 unspecified atom stereocenters. The summed E-state index contributed by atoms with van der Waals surface area (Å²) < 4.78 is 68.5. The van der Waals surface area contributed by atoms with Crippen molar-refractivity contribution >= 4 is 39.5 Å². The second-order valence-corrected chi connectivity index (χ2v) is 30.8. The van der Waals surface area contributed by atoms with Crippen molar-refractivity contribution in [3.8, 4) is 0 Å². The van der Waals surface area contributed by atoms with Gasteiger partial charge in [0.15, 0.2) is 12.2 Å². The van der Waals surface area contributed by atoms with Gasteiger partial charge in [-0.3, -0.25) is 37.3 Å². The lowest BCUT2D eigenvalue weighted by atomic mass is 10.0. The molecule has 0 radical (unpaired) electrons. The summed E-state index contributed by atoms with van der Waals surface area (Å²) in [7, 11) is -9.91. The highest BCUT2D eigenvalue weighted by Crippen LogP contribution is 2.45. The number of aliphatic hydroxyl groups excluding tert-OH is 1. The maximum Gasteiger partial charge on any atom is 0.472 e. The molecule has 0 rings (SSSR count). The topological polar surface area (TPSA) is 237 Å². The minimum absolute atomic E-state index is 0.108. The highest BCUT2D eigenvalue weighted by atomic mass is 31.2. The summed E-state index contributed by atoms with van der Waals surface area (Å²) in [6, 6.07) is 0. The lowest BCUT2D eigenvalue weighted by Crippen LogP contribution is -2.30. The number of carbonyl (C=O) groups excluding carboxylic acids is 4. The molecule has 0 bridgehead atoms. The summed E-state index contributed by atoms with van der Waals surface area (Å²) >= 11 is 0. The Labute approximate surface area is 581 Å². The maximum absolute atomic E-state index is 13.1. The molecule has 17 nitrogen and oxygen atoms in total. The quantitative estimate of drug-likeness (QED) is 0.0222. The van der Waals surface area contributed by atoms with Crippen molar-refractivity contribution < 1.29 is 80.2 Å². The van der Waals surface area contributed by atoms with Gasteiger partial charge < -0.3 is 33.8 Å². The van der Waals surface area contributed by atoms with E-state index in [1.807, 2.05) is 0 Å². The molecule has 3 N–H and O–H groups in total. The molecule has 0 aromatic heterocycles. The normalized spacial score (nSPS) is 13.9. The van der Waals surface area contributed by atoms with E-state index in [1.165, 1.54) is 225 Å². The second kappa shape index (κ2) is 69.2. The standard InChI is InChI=1S/C76H148O17P2/c1-6-9-12-15-18-21-23-25-26-27-28-32-36-40-45-50-55-60-74(79)87-66-72(93-76(81)62-57-52-47-42-37-33-30-29-31-34-39-43-48-53-58-69(4)5)68-91-95(84,85)89-64-70(77)63-88-94(82,83)90-67-71(65-86-73(78)59-54-49-44-38-20-17-14-11-8-3)92-75(80)61-56-51-46-41-35-24-22-19-16-13-10-7-2/h69-72,77H,6-68H2,1-5H3,(H,82,83)(H,84,85)/t70-,71+,72+/m0/s1. The Kier molecular flexibility index (Phi) is 67.7. The van der Waals surface area contributed by atoms with E-state index in [2.05, 4.69) is 34.6 Å². The van der Waals surface area contributed by atoms with E-state index in [4.69, 9.17) is 37.0 Å². The van der Waals surface area contributed by atoms with E-state index >= 15 is 0 Å². The van der Waals surface area contributed by atoms with Gasteiger partial charge in [0, 0.05) is 25.7 Å². The fourth-order valence-electron chi connectivity index (χ4n) is 11.7. The van der Waals surface area contributed by atoms with E-state index in [0.717, 1.165) is 95.8 Å². The Hall–Kier alpha value is -1.94. The number of phosphoric acid groups is 2. The minimum atomic E-state index is -4.96. The molecule has 0 aromatic carbocycles. The van der Waals surface area contributed by atoms with E-state index in [1.54, 1.807) is 0 Å². The van der Waals surface area contributed by atoms with Crippen molar-refractivity contribution in [1.82, 2.24) is 0 Å². The first-order valence-electron chi connectivity index (χ1n) is 39.6. The fraction of sp³-hybridized carbons (Fsp3) is 0.947. The van der Waals surface area contributed by atoms with Crippen LogP contribution in [0.5, 0.6) is 0 Å². The van der Waals surface area contributed by atoms with Gasteiger partial charge in [0.05, 0.1) is 26.4 Å². The van der Waals surface area contributed by atoms with Crippen LogP contribution in [0.1, 0.15) is 401 Å². The van der Waals surface area contributed by atoms with Crippen molar-refractivity contribution in [1.29, 1.82) is 0 Å². The number of phosphoric ester groups is 2. The molecule has 19 heteroatoms. The average molecular weight is 1400 g/mol. The number of hydrogen-bond acceptors (Lipinski definition) is 15. The SMILES string of the molecule is CCCCCCCCCCCCCCCCCCCC(=O)OC[C@H](COP(=O)(O)OC[C@@H](O)COP(=O)(O)OC[C@@H](COC(=O)CCCCCCCCCCC)OC(=O)CCCCCCCCCCCCCC)OC(=O)CCCCCCCCCCCCCCCCC(C)C. The van der Waals surface area contributed by atoms with E-state index in [-0.39, 0.29) is 25.7 Å². The van der Waals surface area contributed by atoms with Gasteiger partial charge in [0.25, 0.3) is 0 Å². The number of ether oxygens (including phenoxy) is 4. The molecule has 0 spiro atoms. The highest BCUT2D eigenvalue weighted by molar-refractivity contribution is 7.47. The lowest BCUT2D eigenvalue weighted by Gasteiger charge is -2.21. The summed E-state index contributed by atoms with van der Waals surface area (Å²) in [6.07, 6.45) is 58.2. The predicted octanol–water partition coefficient (Wildman–Crippen LogP) is 22.5. The predicted molar refractivity (Wildman–Crippen MR) is 386 cm³/mol. The molecule has 5 atom stereocenters. The third-order valence-corrected chi connectivity index (χ3v) is 19.7. The van der Waals surface area contributed by atoms with Crippen molar-refractivity contribution in [2.75, 3.05) is 39.6 Å². The highest BCUT2D eigenvalue weighted by Gasteiger charge is 2.30. The van der Waals surface area contributed by atoms with Gasteiger partial charge in [-0.1, -0.05) is 349 Å². The maximum atomic E-state index is 13.1. The Morgan fingerprint density at radius 2 is 0.484 bits per heavy atom. The summed E-state index contributed by atoms with van der Waals surface area (Å²) in [6.45, 7) is 7.30. The van der Waals surface area contributed by atoms with Crippen molar-refractivity contribution in [3.05, 3.63) is 0 Å². The van der Waals surface area contributed by atoms with Gasteiger partial charge in [-0.05, 0) is 31.6 Å². The van der Waals surface area contributed by atoms with Crippen LogP contribution < -0.4 is 0 Å². The van der Waals surface area contributed by atoms with Crippen LogP contribution in [0.2, 0.25) is 0 Å². The van der Waals surface area contributed by atoms with Crippen molar-refractivity contribution in [2.24, 2.45) is 5.92 Å². The third-order valence-electron chi connectivity index (χ3n) is 17.8. The van der Waals surface area contributed by atoms with Crippen LogP contribution in [-0.4, -0.2) is 96.7 Å². The first kappa shape index (κ1) is 93.1. The molecule has 0 aliphatic heterocycles. The van der Waals surface area contributed by atoms with Gasteiger partial charge in [-0.25, -0.2) is 9.13 Å². The largest absolute Gasteiger partial charge is 0.472 e. The molecule has 0 fully saturated rings. The first-order valence-corrected chi connectivity index (χ1v) is 42.6. The fourth-order valence-corrected chi connectivity index (χ4v) is 13.3. The molecule has 95 heavy (non-hydrogen) atoms. The average Bonchev–Trinajstić information content (AvgIpc) is 2.71. The number of carbonyl (C=O) groups is 4. The van der Waals surface area contributed by atoms with Gasteiger partial charge in [0.1, 0.15) is 19.3 Å². The molecule has 0 aliphatic carbocycles. The number of unbranched alkanes of at least 4 members (excludes halogenated alkanes) is 48. The summed E-state index contributed by atoms with van der Waals surface area (Å²) in [5.74, 6) is -1.32. The molecular weight excluding hydrogens is 1250 g/mol.